The zero-order chi connectivity index (χ0) is 25.8. The summed E-state index contributed by atoms with van der Waals surface area (Å²) in [6.07, 6.45) is 9.29. The summed E-state index contributed by atoms with van der Waals surface area (Å²) in [6.45, 7) is 8.27. The van der Waals surface area contributed by atoms with Gasteiger partial charge in [0, 0.05) is 84.3 Å². The van der Waals surface area contributed by atoms with Crippen LogP contribution in [-0.2, 0) is 25.7 Å². The summed E-state index contributed by atoms with van der Waals surface area (Å²) in [5.41, 5.74) is 21.4. The Bertz CT molecular complexity index is 1130. The van der Waals surface area contributed by atoms with E-state index in [9.17, 15) is 0 Å². The van der Waals surface area contributed by atoms with Crippen molar-refractivity contribution < 1.29 is 0 Å². The minimum absolute atomic E-state index is 0.504. The highest BCUT2D eigenvalue weighted by Gasteiger charge is 2.48. The van der Waals surface area contributed by atoms with Gasteiger partial charge < -0.3 is 11.5 Å². The standard InChI is InChI=1S/C30H36N6/c1-21-9-5-13-33-25(21)17-29(31,18-26-22(2)10-6-14-34-26)30(32,19-27-23(3)11-7-15-35-27)20-28-24(4)12-8-16-36-28/h5-16H,17-20,31-32H2,1-4H3. The second-order valence-corrected chi connectivity index (χ2v) is 10.1. The fraction of sp³-hybridized carbons (Fsp3) is 0.333. The molecule has 4 heterocycles. The first-order chi connectivity index (χ1) is 17.2. The summed E-state index contributed by atoms with van der Waals surface area (Å²) in [4.78, 5) is 18.8. The van der Waals surface area contributed by atoms with E-state index in [1.54, 1.807) is 0 Å². The van der Waals surface area contributed by atoms with Gasteiger partial charge in [-0.3, -0.25) is 19.9 Å². The molecular weight excluding hydrogens is 444 g/mol. The largest absolute Gasteiger partial charge is 0.323 e. The minimum Gasteiger partial charge on any atom is -0.323 e. The van der Waals surface area contributed by atoms with E-state index in [1.165, 1.54) is 0 Å². The number of pyridine rings is 4. The van der Waals surface area contributed by atoms with Crippen molar-refractivity contribution in [2.24, 2.45) is 11.5 Å². The lowest BCUT2D eigenvalue weighted by Gasteiger charge is -2.47. The summed E-state index contributed by atoms with van der Waals surface area (Å²) < 4.78 is 0. The molecule has 6 nitrogen and oxygen atoms in total. The van der Waals surface area contributed by atoms with Crippen molar-refractivity contribution in [2.75, 3.05) is 0 Å². The molecule has 4 N–H and O–H groups in total. The third-order valence-electron chi connectivity index (χ3n) is 7.39. The number of nitrogens with two attached hydrogens (primary N) is 2. The average Bonchev–Trinajstić information content (AvgIpc) is 2.85. The van der Waals surface area contributed by atoms with Crippen LogP contribution in [0.2, 0.25) is 0 Å². The Morgan fingerprint density at radius 3 is 0.889 bits per heavy atom. The molecule has 0 saturated carbocycles. The number of nitrogens with zero attached hydrogens (tertiary/aromatic N) is 4. The molecule has 4 rings (SSSR count). The lowest BCUT2D eigenvalue weighted by molar-refractivity contribution is 0.202. The molecular formula is C30H36N6. The molecule has 0 bridgehead atoms. The quantitative estimate of drug-likeness (QED) is 0.373. The molecule has 4 aromatic heterocycles. The molecule has 6 heteroatoms. The van der Waals surface area contributed by atoms with Crippen LogP contribution in [0, 0.1) is 27.7 Å². The first-order valence-electron chi connectivity index (χ1n) is 12.4. The van der Waals surface area contributed by atoms with Crippen LogP contribution in [0.15, 0.2) is 73.3 Å². The highest BCUT2D eigenvalue weighted by molar-refractivity contribution is 5.33. The molecule has 0 aliphatic heterocycles. The van der Waals surface area contributed by atoms with Gasteiger partial charge in [-0.15, -0.1) is 0 Å². The molecule has 0 atom stereocenters. The third-order valence-corrected chi connectivity index (χ3v) is 7.39. The van der Waals surface area contributed by atoms with Crippen LogP contribution in [0.25, 0.3) is 0 Å². The molecule has 0 aliphatic rings. The molecule has 0 fully saturated rings. The normalized spacial score (nSPS) is 12.1. The molecule has 0 aromatic carbocycles. The maximum atomic E-state index is 7.51. The number of aromatic nitrogens is 4. The van der Waals surface area contributed by atoms with Crippen LogP contribution in [0.4, 0.5) is 0 Å². The molecule has 0 radical (unpaired) electrons. The van der Waals surface area contributed by atoms with E-state index in [4.69, 9.17) is 31.4 Å². The summed E-state index contributed by atoms with van der Waals surface area (Å²) in [7, 11) is 0. The molecule has 0 unspecified atom stereocenters. The predicted molar refractivity (Wildman–Crippen MR) is 145 cm³/mol. The van der Waals surface area contributed by atoms with Crippen LogP contribution in [0.1, 0.15) is 45.0 Å². The van der Waals surface area contributed by atoms with E-state index in [0.29, 0.717) is 25.7 Å². The zero-order valence-electron chi connectivity index (χ0n) is 21.7. The summed E-state index contributed by atoms with van der Waals surface area (Å²) in [6, 6.07) is 16.1. The van der Waals surface area contributed by atoms with Gasteiger partial charge in [-0.05, 0) is 74.2 Å². The smallest absolute Gasteiger partial charge is 0.0456 e. The number of aryl methyl sites for hydroxylation is 4. The Kier molecular flexibility index (Phi) is 7.57. The maximum Gasteiger partial charge on any atom is 0.0456 e. The van der Waals surface area contributed by atoms with Gasteiger partial charge in [0.05, 0.1) is 0 Å². The first-order valence-corrected chi connectivity index (χ1v) is 12.4. The van der Waals surface area contributed by atoms with Crippen molar-refractivity contribution in [3.63, 3.8) is 0 Å². The maximum absolute atomic E-state index is 7.51. The SMILES string of the molecule is Cc1cccnc1CC(N)(Cc1ncccc1C)C(N)(Cc1ncccc1C)Cc1ncccc1C. The van der Waals surface area contributed by atoms with Crippen molar-refractivity contribution in [3.05, 3.63) is 118 Å². The fourth-order valence-electron chi connectivity index (χ4n) is 4.84. The van der Waals surface area contributed by atoms with E-state index in [-0.39, 0.29) is 0 Å². The molecule has 0 saturated heterocycles. The van der Waals surface area contributed by atoms with Crippen LogP contribution in [-0.4, -0.2) is 31.0 Å². The van der Waals surface area contributed by atoms with Gasteiger partial charge in [0.25, 0.3) is 0 Å². The number of hydrogen-bond donors (Lipinski definition) is 2. The van der Waals surface area contributed by atoms with Crippen molar-refractivity contribution >= 4 is 0 Å². The van der Waals surface area contributed by atoms with E-state index in [1.807, 2.05) is 49.1 Å². The lowest BCUT2D eigenvalue weighted by atomic mass is 9.66. The Morgan fingerprint density at radius 2 is 0.694 bits per heavy atom. The highest BCUT2D eigenvalue weighted by atomic mass is 15.0. The lowest BCUT2D eigenvalue weighted by Crippen LogP contribution is -2.70. The van der Waals surface area contributed by atoms with Gasteiger partial charge in [-0.2, -0.15) is 0 Å². The minimum atomic E-state index is -0.890. The second kappa shape index (κ2) is 10.6. The van der Waals surface area contributed by atoms with Gasteiger partial charge in [0.1, 0.15) is 0 Å². The van der Waals surface area contributed by atoms with Crippen LogP contribution in [0.3, 0.4) is 0 Å². The summed E-state index contributed by atoms with van der Waals surface area (Å²) in [5, 5.41) is 0. The highest BCUT2D eigenvalue weighted by Crippen LogP contribution is 2.33. The topological polar surface area (TPSA) is 104 Å². The first kappa shape index (κ1) is 25.6. The Hall–Kier alpha value is -3.48. The van der Waals surface area contributed by atoms with Gasteiger partial charge in [0.15, 0.2) is 0 Å². The molecule has 4 aromatic rings. The van der Waals surface area contributed by atoms with Crippen LogP contribution in [0.5, 0.6) is 0 Å². The fourth-order valence-corrected chi connectivity index (χ4v) is 4.84. The summed E-state index contributed by atoms with van der Waals surface area (Å²) >= 11 is 0. The zero-order valence-corrected chi connectivity index (χ0v) is 21.7. The van der Waals surface area contributed by atoms with Crippen molar-refractivity contribution in [1.82, 2.24) is 19.9 Å². The summed E-state index contributed by atoms with van der Waals surface area (Å²) in [5.74, 6) is 0. The molecule has 0 spiro atoms. The second-order valence-electron chi connectivity index (χ2n) is 10.1. The average molecular weight is 481 g/mol. The molecule has 0 aliphatic carbocycles. The van der Waals surface area contributed by atoms with Crippen molar-refractivity contribution in [1.29, 1.82) is 0 Å². The Balaban J connectivity index is 1.88. The van der Waals surface area contributed by atoms with E-state index < -0.39 is 11.1 Å². The van der Waals surface area contributed by atoms with Crippen LogP contribution < -0.4 is 11.5 Å². The van der Waals surface area contributed by atoms with E-state index >= 15 is 0 Å². The molecule has 36 heavy (non-hydrogen) atoms. The predicted octanol–water partition coefficient (Wildman–Crippen LogP) is 4.17. The molecule has 0 amide bonds. The van der Waals surface area contributed by atoms with E-state index in [2.05, 4.69) is 52.0 Å². The van der Waals surface area contributed by atoms with Crippen LogP contribution >= 0.6 is 0 Å². The van der Waals surface area contributed by atoms with Gasteiger partial charge in [-0.25, -0.2) is 0 Å². The number of rotatable bonds is 9. The monoisotopic (exact) mass is 480 g/mol. The number of hydrogen-bond acceptors (Lipinski definition) is 6. The van der Waals surface area contributed by atoms with Crippen molar-refractivity contribution in [3.8, 4) is 0 Å². The third kappa shape index (κ3) is 5.50. The molecule has 186 valence electrons. The Morgan fingerprint density at radius 1 is 0.472 bits per heavy atom. The Labute approximate surface area is 214 Å². The van der Waals surface area contributed by atoms with Gasteiger partial charge in [-0.1, -0.05) is 24.3 Å². The van der Waals surface area contributed by atoms with Gasteiger partial charge >= 0.3 is 0 Å². The van der Waals surface area contributed by atoms with Crippen molar-refractivity contribution in [2.45, 2.75) is 64.5 Å². The van der Waals surface area contributed by atoms with Gasteiger partial charge in [0.2, 0.25) is 0 Å². The van der Waals surface area contributed by atoms with E-state index in [0.717, 1.165) is 45.0 Å².